The predicted molar refractivity (Wildman–Crippen MR) is 76.8 cm³/mol. The zero-order valence-electron chi connectivity index (χ0n) is 12.8. The van der Waals surface area contributed by atoms with Crippen molar-refractivity contribution in [1.29, 1.82) is 0 Å². The van der Waals surface area contributed by atoms with Crippen molar-refractivity contribution in [2.75, 3.05) is 13.1 Å². The molecule has 0 aliphatic rings. The van der Waals surface area contributed by atoms with Gasteiger partial charge in [-0.2, -0.15) is 5.10 Å². The molecule has 21 heavy (non-hydrogen) atoms. The smallest absolute Gasteiger partial charge is 0.411 e. The molecule has 1 rings (SSSR count). The van der Waals surface area contributed by atoms with Gasteiger partial charge in [-0.3, -0.25) is 9.58 Å². The third-order valence-electron chi connectivity index (χ3n) is 2.53. The summed E-state index contributed by atoms with van der Waals surface area (Å²) in [6.45, 7) is 5.23. The van der Waals surface area contributed by atoms with Crippen molar-refractivity contribution in [2.24, 2.45) is 7.05 Å². The largest absolute Gasteiger partial charge is 0.448 e. The van der Waals surface area contributed by atoms with Gasteiger partial charge in [-0.15, -0.1) is 0 Å². The van der Waals surface area contributed by atoms with Gasteiger partial charge in [0.25, 0.3) is 0 Å². The minimum atomic E-state index is -0.965. The van der Waals surface area contributed by atoms with E-state index in [0.29, 0.717) is 5.56 Å². The number of likely N-dealkylation sites (N-methyl/N-ethyl adjacent to an activating group) is 1. The average molecular weight is 318 g/mol. The Kier molecular flexibility index (Phi) is 5.60. The van der Waals surface area contributed by atoms with E-state index in [9.17, 15) is 9.59 Å². The van der Waals surface area contributed by atoms with E-state index >= 15 is 0 Å². The molecule has 0 radical (unpaired) electrons. The van der Waals surface area contributed by atoms with Crippen LogP contribution in [0, 0.1) is 0 Å². The van der Waals surface area contributed by atoms with Crippen LogP contribution in [-0.4, -0.2) is 45.5 Å². The van der Waals surface area contributed by atoms with Crippen molar-refractivity contribution < 1.29 is 19.1 Å². The predicted octanol–water partition coefficient (Wildman–Crippen LogP) is 2.07. The van der Waals surface area contributed by atoms with Crippen LogP contribution in [0.2, 0.25) is 0 Å². The van der Waals surface area contributed by atoms with Crippen LogP contribution in [-0.2, 0) is 21.3 Å². The van der Waals surface area contributed by atoms with Crippen LogP contribution in [0.5, 0.6) is 0 Å². The van der Waals surface area contributed by atoms with E-state index in [-0.39, 0.29) is 6.07 Å². The molecule has 0 fully saturated rings. The third kappa shape index (κ3) is 4.93. The molecular formula is C13H20ClN3O4. The van der Waals surface area contributed by atoms with Crippen molar-refractivity contribution in [1.82, 2.24) is 14.7 Å². The SMILES string of the molecule is CN(C(=O)OC(C)(C)C)C(C(=O)OCCl)c1cnn(C)c1. The second-order valence-corrected chi connectivity index (χ2v) is 5.73. The van der Waals surface area contributed by atoms with Gasteiger partial charge in [0.05, 0.1) is 6.20 Å². The molecule has 1 unspecified atom stereocenters. The molecule has 1 atom stereocenters. The number of esters is 1. The Bertz CT molecular complexity index is 510. The van der Waals surface area contributed by atoms with Crippen molar-refractivity contribution in [3.8, 4) is 0 Å². The van der Waals surface area contributed by atoms with Crippen molar-refractivity contribution >= 4 is 23.7 Å². The Hall–Kier alpha value is -1.76. The minimum Gasteiger partial charge on any atom is -0.448 e. The Morgan fingerprint density at radius 3 is 2.52 bits per heavy atom. The molecule has 1 aromatic rings. The molecule has 0 N–H and O–H groups in total. The summed E-state index contributed by atoms with van der Waals surface area (Å²) in [7, 11) is 3.17. The number of nitrogens with zero attached hydrogens (tertiary/aromatic N) is 3. The normalized spacial score (nSPS) is 12.7. The van der Waals surface area contributed by atoms with E-state index in [1.165, 1.54) is 17.9 Å². The molecule has 7 nitrogen and oxygen atoms in total. The van der Waals surface area contributed by atoms with Gasteiger partial charge in [-0.25, -0.2) is 9.59 Å². The number of rotatable bonds is 4. The second kappa shape index (κ2) is 6.80. The lowest BCUT2D eigenvalue weighted by Gasteiger charge is -2.28. The summed E-state index contributed by atoms with van der Waals surface area (Å²) >= 11 is 5.43. The highest BCUT2D eigenvalue weighted by molar-refractivity contribution is 6.17. The summed E-state index contributed by atoms with van der Waals surface area (Å²) in [6.07, 6.45) is 2.48. The van der Waals surface area contributed by atoms with Crippen LogP contribution in [0.25, 0.3) is 0 Å². The van der Waals surface area contributed by atoms with Crippen LogP contribution in [0.4, 0.5) is 4.79 Å². The number of amides is 1. The number of hydrogen-bond donors (Lipinski definition) is 0. The summed E-state index contributed by atoms with van der Waals surface area (Å²) in [4.78, 5) is 25.4. The number of ether oxygens (including phenoxy) is 2. The van der Waals surface area contributed by atoms with E-state index in [0.717, 1.165) is 4.90 Å². The van der Waals surface area contributed by atoms with Gasteiger partial charge in [0.1, 0.15) is 5.60 Å². The molecule has 1 heterocycles. The fraction of sp³-hybridized carbons (Fsp3) is 0.615. The maximum absolute atomic E-state index is 12.1. The number of halogens is 1. The number of aromatic nitrogens is 2. The maximum atomic E-state index is 12.1. The lowest BCUT2D eigenvalue weighted by atomic mass is 10.1. The zero-order chi connectivity index (χ0) is 16.2. The topological polar surface area (TPSA) is 73.7 Å². The highest BCUT2D eigenvalue weighted by atomic mass is 35.5. The number of alkyl halides is 1. The van der Waals surface area contributed by atoms with E-state index in [2.05, 4.69) is 5.10 Å². The number of aryl methyl sites for hydroxylation is 1. The quantitative estimate of drug-likeness (QED) is 0.628. The summed E-state index contributed by atoms with van der Waals surface area (Å²) in [5.41, 5.74) is -0.151. The van der Waals surface area contributed by atoms with Crippen LogP contribution in [0.1, 0.15) is 32.4 Å². The standard InChI is InChI=1S/C13H20ClN3O4/c1-13(2,3)21-12(19)17(5)10(11(18)20-8-14)9-6-15-16(4)7-9/h6-7,10H,8H2,1-5H3. The number of carbonyl (C=O) groups is 2. The first-order chi connectivity index (χ1) is 9.65. The van der Waals surface area contributed by atoms with E-state index in [1.54, 1.807) is 34.0 Å². The molecule has 0 saturated carbocycles. The molecule has 0 bridgehead atoms. The fourth-order valence-electron chi connectivity index (χ4n) is 1.67. The Morgan fingerprint density at radius 2 is 2.10 bits per heavy atom. The Morgan fingerprint density at radius 1 is 1.48 bits per heavy atom. The Labute approximate surface area is 128 Å². The molecule has 0 saturated heterocycles. The van der Waals surface area contributed by atoms with E-state index in [1.807, 2.05) is 0 Å². The average Bonchev–Trinajstić information content (AvgIpc) is 2.74. The molecule has 0 aromatic carbocycles. The summed E-state index contributed by atoms with van der Waals surface area (Å²) in [5.74, 6) is -0.647. The monoisotopic (exact) mass is 317 g/mol. The first kappa shape index (κ1) is 17.3. The van der Waals surface area contributed by atoms with Gasteiger partial charge in [-0.05, 0) is 20.8 Å². The first-order valence-corrected chi connectivity index (χ1v) is 6.86. The molecule has 1 amide bonds. The van der Waals surface area contributed by atoms with Gasteiger partial charge >= 0.3 is 12.1 Å². The zero-order valence-corrected chi connectivity index (χ0v) is 13.5. The highest BCUT2D eigenvalue weighted by Gasteiger charge is 2.33. The van der Waals surface area contributed by atoms with Gasteiger partial charge < -0.3 is 9.47 Å². The molecule has 0 aliphatic heterocycles. The first-order valence-electron chi connectivity index (χ1n) is 6.32. The van der Waals surface area contributed by atoms with Crippen LogP contribution in [0.3, 0.4) is 0 Å². The second-order valence-electron chi connectivity index (χ2n) is 5.51. The fourth-order valence-corrected chi connectivity index (χ4v) is 1.78. The van der Waals surface area contributed by atoms with Crippen LogP contribution >= 0.6 is 11.6 Å². The highest BCUT2D eigenvalue weighted by Crippen LogP contribution is 2.23. The van der Waals surface area contributed by atoms with E-state index in [4.69, 9.17) is 21.1 Å². The summed E-state index contributed by atoms with van der Waals surface area (Å²) < 4.78 is 11.6. The molecule has 0 aliphatic carbocycles. The van der Waals surface area contributed by atoms with Gasteiger partial charge in [0, 0.05) is 25.9 Å². The van der Waals surface area contributed by atoms with Gasteiger partial charge in [-0.1, -0.05) is 11.6 Å². The van der Waals surface area contributed by atoms with Crippen molar-refractivity contribution in [3.63, 3.8) is 0 Å². The summed E-state index contributed by atoms with van der Waals surface area (Å²) in [5, 5.41) is 3.99. The van der Waals surface area contributed by atoms with Crippen molar-refractivity contribution in [3.05, 3.63) is 18.0 Å². The maximum Gasteiger partial charge on any atom is 0.411 e. The molecular weight excluding hydrogens is 298 g/mol. The Balaban J connectivity index is 3.01. The van der Waals surface area contributed by atoms with Crippen molar-refractivity contribution in [2.45, 2.75) is 32.4 Å². The van der Waals surface area contributed by atoms with Crippen LogP contribution < -0.4 is 0 Å². The van der Waals surface area contributed by atoms with Gasteiger partial charge in [0.15, 0.2) is 12.1 Å². The number of hydrogen-bond acceptors (Lipinski definition) is 5. The third-order valence-corrected chi connectivity index (χ3v) is 2.64. The lowest BCUT2D eigenvalue weighted by Crippen LogP contribution is -2.40. The number of carbonyl (C=O) groups excluding carboxylic acids is 2. The molecule has 1 aromatic heterocycles. The molecule has 0 spiro atoms. The summed E-state index contributed by atoms with van der Waals surface area (Å²) in [6, 6.07) is -1.26. The van der Waals surface area contributed by atoms with E-state index < -0.39 is 23.7 Å². The van der Waals surface area contributed by atoms with Gasteiger partial charge in [0.2, 0.25) is 0 Å². The minimum absolute atomic E-state index is 0.294. The molecule has 8 heteroatoms. The van der Waals surface area contributed by atoms with Crippen LogP contribution in [0.15, 0.2) is 12.4 Å². The lowest BCUT2D eigenvalue weighted by molar-refractivity contribution is -0.147. The molecule has 118 valence electrons.